The Bertz CT molecular complexity index is 747. The Balaban J connectivity index is 2.07. The molecule has 1 aromatic carbocycles. The number of Topliss-reactive ketones (excluding diaryl/α,β-unsaturated/α-hetero) is 1. The molecule has 0 saturated heterocycles. The van der Waals surface area contributed by atoms with Crippen molar-refractivity contribution in [2.75, 3.05) is 12.3 Å². The molecule has 0 atom stereocenters. The Hall–Kier alpha value is -2.63. The molecule has 0 radical (unpaired) electrons. The zero-order valence-corrected chi connectivity index (χ0v) is 13.1. The van der Waals surface area contributed by atoms with Crippen LogP contribution in [0.25, 0.3) is 0 Å². The number of ether oxygens (including phenoxy) is 1. The highest BCUT2D eigenvalue weighted by atomic mass is 16.5. The van der Waals surface area contributed by atoms with Crippen LogP contribution in [0.5, 0.6) is 0 Å². The number of ketones is 1. The largest absolute Gasteiger partial charge is 0.454 e. The van der Waals surface area contributed by atoms with Crippen molar-refractivity contribution >= 4 is 17.6 Å². The summed E-state index contributed by atoms with van der Waals surface area (Å²) in [6, 6.07) is 5.38. The molecule has 1 aromatic heterocycles. The first-order valence-corrected chi connectivity index (χ1v) is 6.88. The minimum Gasteiger partial charge on any atom is -0.454 e. The van der Waals surface area contributed by atoms with Crippen LogP contribution in [-0.4, -0.2) is 28.1 Å². The topological polar surface area (TPSA) is 87.2 Å². The second kappa shape index (κ2) is 6.01. The van der Waals surface area contributed by atoms with Crippen LogP contribution in [0.2, 0.25) is 0 Å². The second-order valence-electron chi connectivity index (χ2n) is 5.27. The lowest BCUT2D eigenvalue weighted by atomic mass is 10.0. The monoisotopic (exact) mass is 301 g/mol. The maximum Gasteiger partial charge on any atom is 0.344 e. The molecule has 2 N–H and O–H groups in total. The van der Waals surface area contributed by atoms with E-state index in [-0.39, 0.29) is 23.8 Å². The normalized spacial score (nSPS) is 10.5. The summed E-state index contributed by atoms with van der Waals surface area (Å²) in [6.45, 7) is 5.24. The summed E-state index contributed by atoms with van der Waals surface area (Å²) in [5.74, 6) is -0.669. The van der Waals surface area contributed by atoms with Crippen molar-refractivity contribution in [1.29, 1.82) is 0 Å². The number of nitrogens with two attached hydrogens (primary N) is 1. The van der Waals surface area contributed by atoms with Crippen LogP contribution < -0.4 is 5.73 Å². The summed E-state index contributed by atoms with van der Waals surface area (Å²) in [5, 5.41) is 4.04. The molecule has 0 amide bonds. The van der Waals surface area contributed by atoms with E-state index in [1.807, 2.05) is 19.9 Å². The number of nitrogen functional groups attached to an aromatic ring is 1. The van der Waals surface area contributed by atoms with Crippen LogP contribution in [0, 0.1) is 20.8 Å². The molecule has 0 aliphatic rings. The third kappa shape index (κ3) is 3.00. The highest BCUT2D eigenvalue weighted by Gasteiger charge is 2.20. The molecule has 116 valence electrons. The van der Waals surface area contributed by atoms with Gasteiger partial charge in [0, 0.05) is 12.6 Å². The van der Waals surface area contributed by atoms with Gasteiger partial charge in [0.2, 0.25) is 0 Å². The quantitative estimate of drug-likeness (QED) is 0.689. The SMILES string of the molecule is Cc1ccc(C(=O)COC(=O)c2c(C)nn(C)c2N)cc1C. The molecule has 0 spiro atoms. The Kier molecular flexibility index (Phi) is 4.30. The van der Waals surface area contributed by atoms with Gasteiger partial charge in [-0.2, -0.15) is 5.10 Å². The number of benzene rings is 1. The number of rotatable bonds is 4. The second-order valence-corrected chi connectivity index (χ2v) is 5.27. The van der Waals surface area contributed by atoms with Crippen LogP contribution in [0.15, 0.2) is 18.2 Å². The number of carbonyl (C=O) groups excluding carboxylic acids is 2. The van der Waals surface area contributed by atoms with Gasteiger partial charge in [0.1, 0.15) is 11.4 Å². The van der Waals surface area contributed by atoms with E-state index in [4.69, 9.17) is 10.5 Å². The van der Waals surface area contributed by atoms with E-state index in [0.29, 0.717) is 11.3 Å². The first-order valence-electron chi connectivity index (χ1n) is 6.88. The van der Waals surface area contributed by atoms with Crippen molar-refractivity contribution in [3.63, 3.8) is 0 Å². The number of hydrogen-bond donors (Lipinski definition) is 1. The molecule has 0 fully saturated rings. The van der Waals surface area contributed by atoms with Gasteiger partial charge in [-0.15, -0.1) is 0 Å². The molecule has 1 heterocycles. The van der Waals surface area contributed by atoms with E-state index in [9.17, 15) is 9.59 Å². The first kappa shape index (κ1) is 15.8. The summed E-state index contributed by atoms with van der Waals surface area (Å²) >= 11 is 0. The van der Waals surface area contributed by atoms with Crippen LogP contribution in [-0.2, 0) is 11.8 Å². The summed E-state index contributed by atoms with van der Waals surface area (Å²) < 4.78 is 6.47. The maximum atomic E-state index is 12.1. The fourth-order valence-corrected chi connectivity index (χ4v) is 2.13. The Morgan fingerprint density at radius 3 is 2.45 bits per heavy atom. The number of hydrogen-bond acceptors (Lipinski definition) is 5. The average molecular weight is 301 g/mol. The van der Waals surface area contributed by atoms with E-state index in [0.717, 1.165) is 11.1 Å². The molecule has 0 aliphatic carbocycles. The van der Waals surface area contributed by atoms with Gasteiger partial charge in [0.15, 0.2) is 12.4 Å². The van der Waals surface area contributed by atoms with E-state index in [1.165, 1.54) is 4.68 Å². The van der Waals surface area contributed by atoms with Crippen LogP contribution in [0.1, 0.15) is 37.5 Å². The van der Waals surface area contributed by atoms with Gasteiger partial charge in [-0.3, -0.25) is 9.48 Å². The molecule has 0 unspecified atom stereocenters. The number of anilines is 1. The number of aryl methyl sites for hydroxylation is 4. The van der Waals surface area contributed by atoms with Gasteiger partial charge < -0.3 is 10.5 Å². The van der Waals surface area contributed by atoms with Gasteiger partial charge in [-0.05, 0) is 38.0 Å². The van der Waals surface area contributed by atoms with Crippen LogP contribution in [0.4, 0.5) is 5.82 Å². The van der Waals surface area contributed by atoms with E-state index in [2.05, 4.69) is 5.10 Å². The average Bonchev–Trinajstić information content (AvgIpc) is 2.72. The molecule has 0 saturated carbocycles. The van der Waals surface area contributed by atoms with E-state index in [1.54, 1.807) is 26.1 Å². The Labute approximate surface area is 128 Å². The lowest BCUT2D eigenvalue weighted by Gasteiger charge is -2.06. The molecule has 6 nitrogen and oxygen atoms in total. The lowest BCUT2D eigenvalue weighted by Crippen LogP contribution is -2.16. The van der Waals surface area contributed by atoms with E-state index >= 15 is 0 Å². The van der Waals surface area contributed by atoms with Gasteiger partial charge in [-0.1, -0.05) is 12.1 Å². The number of nitrogens with zero attached hydrogens (tertiary/aromatic N) is 2. The van der Waals surface area contributed by atoms with Crippen molar-refractivity contribution < 1.29 is 14.3 Å². The molecule has 0 aliphatic heterocycles. The molecule has 2 rings (SSSR count). The molecule has 22 heavy (non-hydrogen) atoms. The smallest absolute Gasteiger partial charge is 0.344 e. The number of esters is 1. The summed E-state index contributed by atoms with van der Waals surface area (Å²) in [7, 11) is 1.64. The van der Waals surface area contributed by atoms with E-state index < -0.39 is 5.97 Å². The van der Waals surface area contributed by atoms with Crippen molar-refractivity contribution in [2.24, 2.45) is 7.05 Å². The third-order valence-corrected chi connectivity index (χ3v) is 3.63. The predicted octanol–water partition coefficient (Wildman–Crippen LogP) is 1.97. The summed E-state index contributed by atoms with van der Waals surface area (Å²) in [6.07, 6.45) is 0. The molecular weight excluding hydrogens is 282 g/mol. The highest BCUT2D eigenvalue weighted by molar-refractivity contribution is 6.01. The Morgan fingerprint density at radius 2 is 1.91 bits per heavy atom. The standard InChI is InChI=1S/C16H19N3O3/c1-9-5-6-12(7-10(9)2)13(20)8-22-16(21)14-11(3)18-19(4)15(14)17/h5-7H,8,17H2,1-4H3. The number of carbonyl (C=O) groups is 2. The zero-order valence-electron chi connectivity index (χ0n) is 13.1. The molecular formula is C16H19N3O3. The number of aromatic nitrogens is 2. The first-order chi connectivity index (χ1) is 10.3. The predicted molar refractivity (Wildman–Crippen MR) is 82.9 cm³/mol. The third-order valence-electron chi connectivity index (χ3n) is 3.63. The molecule has 6 heteroatoms. The van der Waals surface area contributed by atoms with Gasteiger partial charge in [0.25, 0.3) is 0 Å². The fraction of sp³-hybridized carbons (Fsp3) is 0.312. The van der Waals surface area contributed by atoms with Gasteiger partial charge >= 0.3 is 5.97 Å². The fourth-order valence-electron chi connectivity index (χ4n) is 2.13. The van der Waals surface area contributed by atoms with Crippen LogP contribution >= 0.6 is 0 Å². The molecule has 2 aromatic rings. The lowest BCUT2D eigenvalue weighted by molar-refractivity contribution is 0.0475. The zero-order chi connectivity index (χ0) is 16.4. The summed E-state index contributed by atoms with van der Waals surface area (Å²) in [5.41, 5.74) is 9.09. The minimum absolute atomic E-state index is 0.204. The van der Waals surface area contributed by atoms with Crippen molar-refractivity contribution in [2.45, 2.75) is 20.8 Å². The Morgan fingerprint density at radius 1 is 1.23 bits per heavy atom. The maximum absolute atomic E-state index is 12.1. The minimum atomic E-state index is -0.639. The highest BCUT2D eigenvalue weighted by Crippen LogP contribution is 2.16. The van der Waals surface area contributed by atoms with Crippen molar-refractivity contribution in [1.82, 2.24) is 9.78 Å². The van der Waals surface area contributed by atoms with Gasteiger partial charge in [-0.25, -0.2) is 4.79 Å². The van der Waals surface area contributed by atoms with Gasteiger partial charge in [0.05, 0.1) is 5.69 Å². The summed E-state index contributed by atoms with van der Waals surface area (Å²) in [4.78, 5) is 24.1. The van der Waals surface area contributed by atoms with Crippen molar-refractivity contribution in [3.8, 4) is 0 Å². The van der Waals surface area contributed by atoms with Crippen LogP contribution in [0.3, 0.4) is 0 Å². The molecule has 0 bridgehead atoms. The van der Waals surface area contributed by atoms with Crippen molar-refractivity contribution in [3.05, 3.63) is 46.1 Å².